The molecule has 0 radical (unpaired) electrons. The number of hydrogen-bond donors (Lipinski definition) is 2. The van der Waals surface area contributed by atoms with Gasteiger partial charge in [0.1, 0.15) is 0 Å². The quantitative estimate of drug-likeness (QED) is 0.295. The van der Waals surface area contributed by atoms with Gasteiger partial charge in [0.05, 0.1) is 19.3 Å². The van der Waals surface area contributed by atoms with Gasteiger partial charge in [-0.25, -0.2) is 0 Å². The summed E-state index contributed by atoms with van der Waals surface area (Å²) < 4.78 is 4.67. The van der Waals surface area contributed by atoms with Crippen molar-refractivity contribution in [1.29, 1.82) is 0 Å². The minimum absolute atomic E-state index is 0.0943. The van der Waals surface area contributed by atoms with E-state index in [1.807, 2.05) is 26.0 Å². The van der Waals surface area contributed by atoms with Crippen LogP contribution in [0.15, 0.2) is 23.8 Å². The van der Waals surface area contributed by atoms with Crippen molar-refractivity contribution in [2.45, 2.75) is 71.0 Å². The highest BCUT2D eigenvalue weighted by Crippen LogP contribution is 2.50. The zero-order chi connectivity index (χ0) is 19.8. The minimum Gasteiger partial charge on any atom is -0.469 e. The van der Waals surface area contributed by atoms with Crippen LogP contribution in [-0.2, 0) is 9.53 Å². The number of carbonyl (C=O) groups excluding carboxylic acids is 1. The van der Waals surface area contributed by atoms with E-state index in [2.05, 4.69) is 22.7 Å². The Morgan fingerprint density at radius 3 is 2.89 bits per heavy atom. The third-order valence-corrected chi connectivity index (χ3v) is 6.07. The van der Waals surface area contributed by atoms with Gasteiger partial charge >= 0.3 is 5.97 Å². The van der Waals surface area contributed by atoms with Crippen LogP contribution in [0.3, 0.4) is 0 Å². The van der Waals surface area contributed by atoms with E-state index in [0.29, 0.717) is 24.7 Å². The van der Waals surface area contributed by atoms with Crippen LogP contribution >= 0.6 is 0 Å². The predicted molar refractivity (Wildman–Crippen MR) is 107 cm³/mol. The van der Waals surface area contributed by atoms with Gasteiger partial charge in [-0.1, -0.05) is 30.7 Å². The van der Waals surface area contributed by atoms with Gasteiger partial charge in [-0.3, -0.25) is 4.79 Å². The SMILES string of the molecule is CC#CCC(C)C(O)C=CC1C(O)CC2CC(=CCCCC(=O)OC)CC21. The zero-order valence-corrected chi connectivity index (χ0v) is 16.9. The summed E-state index contributed by atoms with van der Waals surface area (Å²) in [6, 6.07) is 0. The van der Waals surface area contributed by atoms with Crippen molar-refractivity contribution >= 4 is 5.97 Å². The van der Waals surface area contributed by atoms with Crippen LogP contribution in [0.5, 0.6) is 0 Å². The maximum Gasteiger partial charge on any atom is 0.305 e. The number of allylic oxidation sites excluding steroid dienone is 2. The van der Waals surface area contributed by atoms with Gasteiger partial charge in [0.25, 0.3) is 0 Å². The number of unbranched alkanes of at least 4 members (excludes halogenated alkanes) is 1. The van der Waals surface area contributed by atoms with Gasteiger partial charge in [-0.15, -0.1) is 11.8 Å². The van der Waals surface area contributed by atoms with Crippen molar-refractivity contribution in [3.8, 4) is 11.8 Å². The normalized spacial score (nSPS) is 30.8. The third kappa shape index (κ3) is 6.23. The van der Waals surface area contributed by atoms with E-state index in [0.717, 1.165) is 32.1 Å². The predicted octanol–water partition coefficient (Wildman–Crippen LogP) is 3.63. The van der Waals surface area contributed by atoms with Gasteiger partial charge in [-0.05, 0) is 56.8 Å². The van der Waals surface area contributed by atoms with E-state index in [1.165, 1.54) is 12.7 Å². The summed E-state index contributed by atoms with van der Waals surface area (Å²) in [6.45, 7) is 3.81. The average Bonchev–Trinajstić information content (AvgIpc) is 3.17. The molecule has 0 aromatic heterocycles. The van der Waals surface area contributed by atoms with Crippen molar-refractivity contribution < 1.29 is 19.7 Å². The van der Waals surface area contributed by atoms with E-state index in [9.17, 15) is 15.0 Å². The highest BCUT2D eigenvalue weighted by atomic mass is 16.5. The largest absolute Gasteiger partial charge is 0.469 e. The fourth-order valence-corrected chi connectivity index (χ4v) is 4.41. The number of aliphatic hydroxyl groups excluding tert-OH is 2. The molecular weight excluding hydrogens is 340 g/mol. The summed E-state index contributed by atoms with van der Waals surface area (Å²) in [5, 5.41) is 20.8. The molecule has 0 saturated heterocycles. The summed E-state index contributed by atoms with van der Waals surface area (Å²) in [6.07, 6.45) is 11.1. The molecule has 0 aliphatic heterocycles. The highest BCUT2D eigenvalue weighted by molar-refractivity contribution is 5.69. The Hall–Kier alpha value is -1.57. The fraction of sp³-hybridized carbons (Fsp3) is 0.696. The molecule has 2 N–H and O–H groups in total. The number of aliphatic hydroxyl groups is 2. The maximum atomic E-state index is 11.2. The second kappa shape index (κ2) is 10.7. The topological polar surface area (TPSA) is 66.8 Å². The Kier molecular flexibility index (Phi) is 8.60. The first-order valence-electron chi connectivity index (χ1n) is 10.1. The van der Waals surface area contributed by atoms with Gasteiger partial charge in [0, 0.05) is 18.8 Å². The van der Waals surface area contributed by atoms with Crippen LogP contribution in [0.4, 0.5) is 0 Å². The summed E-state index contributed by atoms with van der Waals surface area (Å²) in [5.41, 5.74) is 1.45. The fourth-order valence-electron chi connectivity index (χ4n) is 4.41. The molecular formula is C23H34O4. The van der Waals surface area contributed by atoms with Crippen LogP contribution in [0.1, 0.15) is 58.8 Å². The third-order valence-electron chi connectivity index (χ3n) is 6.07. The van der Waals surface area contributed by atoms with Crippen LogP contribution in [0.25, 0.3) is 0 Å². The molecule has 4 heteroatoms. The standard InChI is InChI=1S/C23H34O4/c1-4-5-8-16(2)21(24)12-11-19-20-14-17(13-18(20)15-22(19)25)9-6-7-10-23(26)27-3/h9,11-12,16,18-22,24-25H,6-8,10,13-15H2,1-3H3. The number of methoxy groups -OCH3 is 1. The van der Waals surface area contributed by atoms with Crippen molar-refractivity contribution in [2.24, 2.45) is 23.7 Å². The molecule has 2 aliphatic rings. The molecule has 150 valence electrons. The number of fused-ring (bicyclic) bond motifs is 1. The lowest BCUT2D eigenvalue weighted by Gasteiger charge is -2.19. The second-order valence-electron chi connectivity index (χ2n) is 8.03. The van der Waals surface area contributed by atoms with E-state index in [-0.39, 0.29) is 23.9 Å². The minimum atomic E-state index is -0.521. The number of ether oxygens (including phenoxy) is 1. The Labute approximate surface area is 163 Å². The molecule has 27 heavy (non-hydrogen) atoms. The molecule has 6 atom stereocenters. The molecule has 0 aromatic carbocycles. The molecule has 6 unspecified atom stereocenters. The van der Waals surface area contributed by atoms with Crippen LogP contribution in [0.2, 0.25) is 0 Å². The number of rotatable bonds is 8. The summed E-state index contributed by atoms with van der Waals surface area (Å²) in [4.78, 5) is 11.2. The van der Waals surface area contributed by atoms with Crippen molar-refractivity contribution in [3.63, 3.8) is 0 Å². The molecule has 2 aliphatic carbocycles. The lowest BCUT2D eigenvalue weighted by molar-refractivity contribution is -0.140. The molecule has 4 nitrogen and oxygen atoms in total. The van der Waals surface area contributed by atoms with Gasteiger partial charge in [0.15, 0.2) is 0 Å². The second-order valence-corrected chi connectivity index (χ2v) is 8.03. The van der Waals surface area contributed by atoms with Gasteiger partial charge < -0.3 is 14.9 Å². The van der Waals surface area contributed by atoms with Crippen LogP contribution < -0.4 is 0 Å². The number of carbonyl (C=O) groups is 1. The first-order chi connectivity index (χ1) is 13.0. The molecule has 0 aromatic rings. The zero-order valence-electron chi connectivity index (χ0n) is 16.9. The van der Waals surface area contributed by atoms with Crippen LogP contribution in [-0.4, -0.2) is 35.5 Å². The Bertz CT molecular complexity index is 610. The molecule has 0 amide bonds. The van der Waals surface area contributed by atoms with Gasteiger partial charge in [0.2, 0.25) is 0 Å². The molecule has 0 bridgehead atoms. The average molecular weight is 375 g/mol. The number of esters is 1. The first-order valence-corrected chi connectivity index (χ1v) is 10.1. The summed E-state index contributed by atoms with van der Waals surface area (Å²) >= 11 is 0. The van der Waals surface area contributed by atoms with Crippen molar-refractivity contribution in [1.82, 2.24) is 0 Å². The van der Waals surface area contributed by atoms with E-state index in [4.69, 9.17) is 0 Å². The maximum absolute atomic E-state index is 11.2. The monoisotopic (exact) mass is 374 g/mol. The van der Waals surface area contributed by atoms with Crippen molar-refractivity contribution in [3.05, 3.63) is 23.8 Å². The Morgan fingerprint density at radius 1 is 1.41 bits per heavy atom. The number of hydrogen-bond acceptors (Lipinski definition) is 4. The Balaban J connectivity index is 1.87. The van der Waals surface area contributed by atoms with E-state index in [1.54, 1.807) is 0 Å². The molecule has 2 saturated carbocycles. The first kappa shape index (κ1) is 21.7. The summed E-state index contributed by atoms with van der Waals surface area (Å²) in [7, 11) is 1.42. The van der Waals surface area contributed by atoms with Gasteiger partial charge in [-0.2, -0.15) is 0 Å². The molecule has 2 fully saturated rings. The molecule has 2 rings (SSSR count). The lowest BCUT2D eigenvalue weighted by atomic mass is 9.89. The lowest BCUT2D eigenvalue weighted by Crippen LogP contribution is -2.19. The van der Waals surface area contributed by atoms with E-state index >= 15 is 0 Å². The Morgan fingerprint density at radius 2 is 2.19 bits per heavy atom. The smallest absolute Gasteiger partial charge is 0.305 e. The molecule has 0 spiro atoms. The van der Waals surface area contributed by atoms with Crippen molar-refractivity contribution in [2.75, 3.05) is 7.11 Å². The van der Waals surface area contributed by atoms with E-state index < -0.39 is 6.10 Å². The summed E-state index contributed by atoms with van der Waals surface area (Å²) in [5.74, 6) is 6.93. The molecule has 0 heterocycles. The van der Waals surface area contributed by atoms with Crippen LogP contribution in [0, 0.1) is 35.5 Å². The highest BCUT2D eigenvalue weighted by Gasteiger charge is 2.44.